The Hall–Kier alpha value is -1.91. The molecule has 96 valence electrons. The molecule has 0 aromatic heterocycles. The van der Waals surface area contributed by atoms with Crippen molar-refractivity contribution in [3.05, 3.63) is 24.3 Å². The molecule has 0 radical (unpaired) electrons. The van der Waals surface area contributed by atoms with Crippen molar-refractivity contribution in [3.63, 3.8) is 0 Å². The molecule has 1 amide bonds. The number of carbonyl (C=O) groups is 1. The van der Waals surface area contributed by atoms with Crippen LogP contribution in [0, 0.1) is 11.3 Å². The van der Waals surface area contributed by atoms with E-state index in [1.165, 1.54) is 24.3 Å². The fraction of sp³-hybridized carbons (Fsp3) is 0.273. The van der Waals surface area contributed by atoms with E-state index in [4.69, 9.17) is 5.26 Å². The van der Waals surface area contributed by atoms with E-state index >= 15 is 0 Å². The monoisotopic (exact) mass is 267 g/mol. The normalized spacial score (nSPS) is 10.7. The first kappa shape index (κ1) is 14.2. The molecular formula is C11H13N3O3S. The van der Waals surface area contributed by atoms with Crippen molar-refractivity contribution in [2.24, 2.45) is 0 Å². The summed E-state index contributed by atoms with van der Waals surface area (Å²) < 4.78 is 25.6. The molecule has 18 heavy (non-hydrogen) atoms. The van der Waals surface area contributed by atoms with Crippen LogP contribution in [0.3, 0.4) is 0 Å². The fourth-order valence-corrected chi connectivity index (χ4v) is 2.31. The van der Waals surface area contributed by atoms with Gasteiger partial charge in [-0.15, -0.1) is 0 Å². The zero-order valence-electron chi connectivity index (χ0n) is 9.80. The van der Waals surface area contributed by atoms with Crippen molar-refractivity contribution in [2.75, 3.05) is 11.9 Å². The van der Waals surface area contributed by atoms with Gasteiger partial charge < -0.3 is 5.32 Å². The van der Waals surface area contributed by atoms with E-state index in [1.807, 2.05) is 0 Å². The van der Waals surface area contributed by atoms with Crippen LogP contribution in [0.15, 0.2) is 29.2 Å². The third-order valence-corrected chi connectivity index (χ3v) is 3.58. The van der Waals surface area contributed by atoms with E-state index in [1.54, 1.807) is 13.0 Å². The van der Waals surface area contributed by atoms with Gasteiger partial charge in [0.05, 0.1) is 11.0 Å². The van der Waals surface area contributed by atoms with Crippen LogP contribution in [-0.2, 0) is 14.8 Å². The molecule has 0 spiro atoms. The lowest BCUT2D eigenvalue weighted by Gasteiger charge is -2.06. The smallest absolute Gasteiger partial charge is 0.240 e. The summed E-state index contributed by atoms with van der Waals surface area (Å²) in [5.41, 5.74) is 0.450. The zero-order valence-corrected chi connectivity index (χ0v) is 10.6. The summed E-state index contributed by atoms with van der Waals surface area (Å²) in [6.45, 7) is 2.00. The Bertz CT molecular complexity index is 558. The number of benzene rings is 1. The Labute approximate surface area is 106 Å². The standard InChI is InChI=1S/C11H13N3O3S/c1-2-13-18(16,17)10-5-3-9(4-6-10)14-11(15)7-8-12/h3-6,13H,2,7H2,1H3,(H,14,15). The van der Waals surface area contributed by atoms with E-state index in [9.17, 15) is 13.2 Å². The maximum absolute atomic E-state index is 11.6. The highest BCUT2D eigenvalue weighted by Crippen LogP contribution is 2.13. The molecule has 0 saturated heterocycles. The van der Waals surface area contributed by atoms with Gasteiger partial charge in [-0.05, 0) is 24.3 Å². The van der Waals surface area contributed by atoms with Crippen molar-refractivity contribution in [2.45, 2.75) is 18.2 Å². The second kappa shape index (κ2) is 6.14. The van der Waals surface area contributed by atoms with Crippen LogP contribution in [0.4, 0.5) is 5.69 Å². The van der Waals surface area contributed by atoms with Crippen LogP contribution in [0.1, 0.15) is 13.3 Å². The van der Waals surface area contributed by atoms with Crippen LogP contribution >= 0.6 is 0 Å². The van der Waals surface area contributed by atoms with Crippen molar-refractivity contribution < 1.29 is 13.2 Å². The fourth-order valence-electron chi connectivity index (χ4n) is 1.27. The summed E-state index contributed by atoms with van der Waals surface area (Å²) in [4.78, 5) is 11.3. The van der Waals surface area contributed by atoms with Gasteiger partial charge in [-0.25, -0.2) is 13.1 Å². The van der Waals surface area contributed by atoms with E-state index < -0.39 is 15.9 Å². The highest BCUT2D eigenvalue weighted by Gasteiger charge is 2.12. The molecule has 1 aromatic carbocycles. The molecule has 0 heterocycles. The van der Waals surface area contributed by atoms with Gasteiger partial charge in [0.2, 0.25) is 15.9 Å². The van der Waals surface area contributed by atoms with Gasteiger partial charge in [0.25, 0.3) is 0 Å². The number of hydrogen-bond acceptors (Lipinski definition) is 4. The molecule has 7 heteroatoms. The Morgan fingerprint density at radius 1 is 1.33 bits per heavy atom. The number of anilines is 1. The van der Waals surface area contributed by atoms with Crippen molar-refractivity contribution in [1.29, 1.82) is 5.26 Å². The van der Waals surface area contributed by atoms with Crippen LogP contribution < -0.4 is 10.0 Å². The summed E-state index contributed by atoms with van der Waals surface area (Å²) in [6, 6.07) is 7.44. The summed E-state index contributed by atoms with van der Waals surface area (Å²) in [7, 11) is -3.48. The Kier molecular flexibility index (Phi) is 4.83. The van der Waals surface area contributed by atoms with Gasteiger partial charge in [-0.3, -0.25) is 4.79 Å². The molecule has 0 atom stereocenters. The lowest BCUT2D eigenvalue weighted by molar-refractivity contribution is -0.115. The molecule has 1 rings (SSSR count). The maximum atomic E-state index is 11.6. The molecule has 6 nitrogen and oxygen atoms in total. The predicted molar refractivity (Wildman–Crippen MR) is 66.2 cm³/mol. The van der Waals surface area contributed by atoms with E-state index in [0.29, 0.717) is 12.2 Å². The van der Waals surface area contributed by atoms with Crippen LogP contribution in [0.2, 0.25) is 0 Å². The number of nitriles is 1. The highest BCUT2D eigenvalue weighted by atomic mass is 32.2. The maximum Gasteiger partial charge on any atom is 0.240 e. The molecule has 0 unspecified atom stereocenters. The minimum atomic E-state index is -3.48. The summed E-state index contributed by atoms with van der Waals surface area (Å²) in [6.07, 6.45) is -0.239. The van der Waals surface area contributed by atoms with Gasteiger partial charge >= 0.3 is 0 Å². The second-order valence-corrected chi connectivity index (χ2v) is 5.18. The quantitative estimate of drug-likeness (QED) is 0.825. The van der Waals surface area contributed by atoms with Crippen molar-refractivity contribution >= 4 is 21.6 Å². The third-order valence-electron chi connectivity index (χ3n) is 2.02. The molecule has 0 saturated carbocycles. The lowest BCUT2D eigenvalue weighted by atomic mass is 10.3. The topological polar surface area (TPSA) is 99.1 Å². The minimum Gasteiger partial charge on any atom is -0.325 e. The molecular weight excluding hydrogens is 254 g/mol. The van der Waals surface area contributed by atoms with E-state index in [0.717, 1.165) is 0 Å². The first-order valence-electron chi connectivity index (χ1n) is 5.26. The number of sulfonamides is 1. The van der Waals surface area contributed by atoms with Gasteiger partial charge in [0, 0.05) is 12.2 Å². The van der Waals surface area contributed by atoms with Crippen molar-refractivity contribution in [3.8, 4) is 6.07 Å². The summed E-state index contributed by atoms with van der Waals surface area (Å²) >= 11 is 0. The van der Waals surface area contributed by atoms with Gasteiger partial charge in [0.15, 0.2) is 0 Å². The third kappa shape index (κ3) is 3.84. The number of rotatable bonds is 5. The first-order chi connectivity index (χ1) is 8.49. The number of hydrogen-bond donors (Lipinski definition) is 2. The minimum absolute atomic E-state index is 0.127. The van der Waals surface area contributed by atoms with E-state index in [-0.39, 0.29) is 11.3 Å². The predicted octanol–water partition coefficient (Wildman–Crippen LogP) is 0.837. The number of nitrogens with zero attached hydrogens (tertiary/aromatic N) is 1. The van der Waals surface area contributed by atoms with Crippen LogP contribution in [0.5, 0.6) is 0 Å². The SMILES string of the molecule is CCNS(=O)(=O)c1ccc(NC(=O)CC#N)cc1. The molecule has 2 N–H and O–H groups in total. The Morgan fingerprint density at radius 3 is 2.44 bits per heavy atom. The lowest BCUT2D eigenvalue weighted by Crippen LogP contribution is -2.23. The molecule has 0 bridgehead atoms. The number of carbonyl (C=O) groups excluding carboxylic acids is 1. The van der Waals surface area contributed by atoms with E-state index in [2.05, 4.69) is 10.0 Å². The van der Waals surface area contributed by atoms with Crippen LogP contribution in [-0.4, -0.2) is 20.9 Å². The van der Waals surface area contributed by atoms with Gasteiger partial charge in [-0.2, -0.15) is 5.26 Å². The zero-order chi connectivity index (χ0) is 13.6. The molecule has 0 aliphatic carbocycles. The van der Waals surface area contributed by atoms with Crippen LogP contribution in [0.25, 0.3) is 0 Å². The molecule has 0 aliphatic heterocycles. The second-order valence-electron chi connectivity index (χ2n) is 3.41. The Balaban J connectivity index is 2.81. The average Bonchev–Trinajstić information content (AvgIpc) is 2.30. The van der Waals surface area contributed by atoms with Crippen molar-refractivity contribution in [1.82, 2.24) is 4.72 Å². The Morgan fingerprint density at radius 2 is 1.94 bits per heavy atom. The van der Waals surface area contributed by atoms with Gasteiger partial charge in [-0.1, -0.05) is 6.92 Å². The average molecular weight is 267 g/mol. The summed E-state index contributed by atoms with van der Waals surface area (Å²) in [5.74, 6) is -0.431. The largest absolute Gasteiger partial charge is 0.325 e. The molecule has 0 fully saturated rings. The summed E-state index contributed by atoms with van der Waals surface area (Å²) in [5, 5.41) is 10.8. The molecule has 0 aliphatic rings. The molecule has 1 aromatic rings. The van der Waals surface area contributed by atoms with Gasteiger partial charge in [0.1, 0.15) is 6.42 Å². The first-order valence-corrected chi connectivity index (χ1v) is 6.74. The number of amides is 1. The number of nitrogens with one attached hydrogen (secondary N) is 2. The highest BCUT2D eigenvalue weighted by molar-refractivity contribution is 7.89.